The van der Waals surface area contributed by atoms with Crippen LogP contribution >= 0.6 is 0 Å². The average molecular weight is 192 g/mol. The number of rotatable bonds is 2. The zero-order chi connectivity index (χ0) is 9.97. The Morgan fingerprint density at radius 3 is 2.79 bits per heavy atom. The standard InChI is InChI=1S/C11H16N2O/c1-9(14)11-7-8-12-13(11)10-5-3-2-4-6-10/h7-8,10H,2-6H2,1H3. The van der Waals surface area contributed by atoms with Gasteiger partial charge < -0.3 is 0 Å². The molecule has 1 aromatic heterocycles. The summed E-state index contributed by atoms with van der Waals surface area (Å²) in [6, 6.07) is 2.27. The molecule has 0 unspecified atom stereocenters. The minimum absolute atomic E-state index is 0.119. The molecule has 0 spiro atoms. The van der Waals surface area contributed by atoms with Gasteiger partial charge in [0.25, 0.3) is 0 Å². The molecule has 1 fully saturated rings. The Labute approximate surface area is 84.1 Å². The lowest BCUT2D eigenvalue weighted by atomic mass is 9.95. The average Bonchev–Trinajstić information content (AvgIpc) is 2.67. The van der Waals surface area contributed by atoms with Crippen molar-refractivity contribution in [1.29, 1.82) is 0 Å². The molecule has 0 aliphatic heterocycles. The zero-order valence-corrected chi connectivity index (χ0v) is 8.57. The predicted octanol–water partition coefficient (Wildman–Crippen LogP) is 2.59. The van der Waals surface area contributed by atoms with Crippen molar-refractivity contribution < 1.29 is 4.79 Å². The van der Waals surface area contributed by atoms with E-state index in [1.807, 2.05) is 10.7 Å². The van der Waals surface area contributed by atoms with E-state index in [1.165, 1.54) is 32.1 Å². The number of Topliss-reactive ketones (excluding diaryl/α,β-unsaturated/α-hetero) is 1. The van der Waals surface area contributed by atoms with Gasteiger partial charge in [0, 0.05) is 13.1 Å². The van der Waals surface area contributed by atoms with E-state index in [1.54, 1.807) is 13.1 Å². The normalized spacial score (nSPS) is 18.4. The van der Waals surface area contributed by atoms with Crippen molar-refractivity contribution in [2.24, 2.45) is 0 Å². The third kappa shape index (κ3) is 1.72. The smallest absolute Gasteiger partial charge is 0.177 e. The predicted molar refractivity (Wildman–Crippen MR) is 54.4 cm³/mol. The second-order valence-corrected chi connectivity index (χ2v) is 4.01. The Hall–Kier alpha value is -1.12. The number of ketones is 1. The van der Waals surface area contributed by atoms with Crippen LogP contribution in [0.5, 0.6) is 0 Å². The Morgan fingerprint density at radius 1 is 1.43 bits per heavy atom. The molecule has 3 heteroatoms. The summed E-state index contributed by atoms with van der Waals surface area (Å²) in [5.41, 5.74) is 0.761. The molecule has 0 atom stereocenters. The van der Waals surface area contributed by atoms with Crippen molar-refractivity contribution in [1.82, 2.24) is 9.78 Å². The van der Waals surface area contributed by atoms with Crippen LogP contribution in [-0.2, 0) is 0 Å². The van der Waals surface area contributed by atoms with Crippen molar-refractivity contribution in [2.45, 2.75) is 45.1 Å². The molecule has 2 rings (SSSR count). The Balaban J connectivity index is 2.21. The van der Waals surface area contributed by atoms with Gasteiger partial charge in [0.2, 0.25) is 0 Å². The molecule has 0 saturated heterocycles. The van der Waals surface area contributed by atoms with Crippen LogP contribution in [0.25, 0.3) is 0 Å². The first-order chi connectivity index (χ1) is 6.79. The van der Waals surface area contributed by atoms with Crippen LogP contribution in [0.15, 0.2) is 12.3 Å². The van der Waals surface area contributed by atoms with Crippen molar-refractivity contribution in [3.63, 3.8) is 0 Å². The van der Waals surface area contributed by atoms with E-state index in [0.29, 0.717) is 6.04 Å². The number of hydrogen-bond acceptors (Lipinski definition) is 2. The molecule has 1 saturated carbocycles. The minimum atomic E-state index is 0.119. The fourth-order valence-corrected chi connectivity index (χ4v) is 2.21. The molecule has 1 heterocycles. The highest BCUT2D eigenvalue weighted by molar-refractivity contribution is 5.92. The van der Waals surface area contributed by atoms with Gasteiger partial charge in [-0.1, -0.05) is 19.3 Å². The van der Waals surface area contributed by atoms with Gasteiger partial charge in [-0.3, -0.25) is 9.48 Å². The van der Waals surface area contributed by atoms with E-state index < -0.39 is 0 Å². The maximum absolute atomic E-state index is 11.3. The summed E-state index contributed by atoms with van der Waals surface area (Å²) < 4.78 is 1.92. The van der Waals surface area contributed by atoms with Gasteiger partial charge in [-0.2, -0.15) is 5.10 Å². The van der Waals surface area contributed by atoms with Crippen molar-refractivity contribution >= 4 is 5.78 Å². The molecule has 3 nitrogen and oxygen atoms in total. The van der Waals surface area contributed by atoms with Gasteiger partial charge in [-0.25, -0.2) is 0 Å². The largest absolute Gasteiger partial charge is 0.293 e. The number of carbonyl (C=O) groups excluding carboxylic acids is 1. The second kappa shape index (κ2) is 3.95. The first-order valence-electron chi connectivity index (χ1n) is 5.33. The highest BCUT2D eigenvalue weighted by atomic mass is 16.1. The van der Waals surface area contributed by atoms with Crippen LogP contribution in [-0.4, -0.2) is 15.6 Å². The molecule has 0 amide bonds. The fourth-order valence-electron chi connectivity index (χ4n) is 2.21. The lowest BCUT2D eigenvalue weighted by Gasteiger charge is -2.23. The molecule has 14 heavy (non-hydrogen) atoms. The molecule has 76 valence electrons. The fraction of sp³-hybridized carbons (Fsp3) is 0.636. The Kier molecular flexibility index (Phi) is 2.66. The monoisotopic (exact) mass is 192 g/mol. The number of hydrogen-bond donors (Lipinski definition) is 0. The third-order valence-electron chi connectivity index (χ3n) is 2.95. The molecule has 0 radical (unpaired) electrons. The molecular formula is C11H16N2O. The van der Waals surface area contributed by atoms with E-state index in [0.717, 1.165) is 5.69 Å². The van der Waals surface area contributed by atoms with Crippen LogP contribution in [0.1, 0.15) is 55.6 Å². The summed E-state index contributed by atoms with van der Waals surface area (Å²) in [4.78, 5) is 11.3. The summed E-state index contributed by atoms with van der Waals surface area (Å²) in [5, 5.41) is 4.26. The van der Waals surface area contributed by atoms with Gasteiger partial charge >= 0.3 is 0 Å². The van der Waals surface area contributed by atoms with Crippen molar-refractivity contribution in [3.8, 4) is 0 Å². The van der Waals surface area contributed by atoms with Crippen molar-refractivity contribution in [3.05, 3.63) is 18.0 Å². The second-order valence-electron chi connectivity index (χ2n) is 4.01. The molecule has 0 aromatic carbocycles. The molecule has 0 bridgehead atoms. The van der Waals surface area contributed by atoms with E-state index in [-0.39, 0.29) is 5.78 Å². The van der Waals surface area contributed by atoms with Crippen LogP contribution in [0, 0.1) is 0 Å². The molecule has 1 aliphatic rings. The summed E-state index contributed by atoms with van der Waals surface area (Å²) in [6.07, 6.45) is 7.92. The quantitative estimate of drug-likeness (QED) is 0.675. The van der Waals surface area contributed by atoms with Crippen molar-refractivity contribution in [2.75, 3.05) is 0 Å². The Morgan fingerprint density at radius 2 is 2.14 bits per heavy atom. The molecular weight excluding hydrogens is 176 g/mol. The molecule has 1 aliphatic carbocycles. The number of carbonyl (C=O) groups is 1. The topological polar surface area (TPSA) is 34.9 Å². The summed E-state index contributed by atoms with van der Waals surface area (Å²) in [6.45, 7) is 1.61. The maximum Gasteiger partial charge on any atom is 0.177 e. The highest BCUT2D eigenvalue weighted by Crippen LogP contribution is 2.28. The third-order valence-corrected chi connectivity index (χ3v) is 2.95. The van der Waals surface area contributed by atoms with Crippen LogP contribution < -0.4 is 0 Å². The number of nitrogens with zero attached hydrogens (tertiary/aromatic N) is 2. The van der Waals surface area contributed by atoms with E-state index >= 15 is 0 Å². The van der Waals surface area contributed by atoms with Crippen LogP contribution in [0.4, 0.5) is 0 Å². The first-order valence-corrected chi connectivity index (χ1v) is 5.33. The lowest BCUT2D eigenvalue weighted by molar-refractivity contribution is 0.0998. The highest BCUT2D eigenvalue weighted by Gasteiger charge is 2.19. The van der Waals surface area contributed by atoms with E-state index in [4.69, 9.17) is 0 Å². The van der Waals surface area contributed by atoms with E-state index in [2.05, 4.69) is 5.10 Å². The van der Waals surface area contributed by atoms with Crippen LogP contribution in [0.2, 0.25) is 0 Å². The lowest BCUT2D eigenvalue weighted by Crippen LogP contribution is -2.18. The summed E-state index contributed by atoms with van der Waals surface area (Å²) in [7, 11) is 0. The van der Waals surface area contributed by atoms with Gasteiger partial charge in [0.1, 0.15) is 5.69 Å². The molecule has 1 aromatic rings. The van der Waals surface area contributed by atoms with Gasteiger partial charge in [0.05, 0.1) is 6.04 Å². The first kappa shape index (κ1) is 9.44. The Bertz CT molecular complexity index is 324. The SMILES string of the molecule is CC(=O)c1ccnn1C1CCCCC1. The summed E-state index contributed by atoms with van der Waals surface area (Å²) >= 11 is 0. The number of aromatic nitrogens is 2. The minimum Gasteiger partial charge on any atom is -0.293 e. The molecule has 0 N–H and O–H groups in total. The van der Waals surface area contributed by atoms with Crippen LogP contribution in [0.3, 0.4) is 0 Å². The zero-order valence-electron chi connectivity index (χ0n) is 8.57. The van der Waals surface area contributed by atoms with Gasteiger partial charge in [-0.05, 0) is 18.9 Å². The summed E-state index contributed by atoms with van der Waals surface area (Å²) in [5.74, 6) is 0.119. The van der Waals surface area contributed by atoms with Gasteiger partial charge in [-0.15, -0.1) is 0 Å². The van der Waals surface area contributed by atoms with E-state index in [9.17, 15) is 4.79 Å². The van der Waals surface area contributed by atoms with Gasteiger partial charge in [0.15, 0.2) is 5.78 Å². The maximum atomic E-state index is 11.3.